The molecule has 1 fully saturated rings. The topological polar surface area (TPSA) is 29.3 Å². The summed E-state index contributed by atoms with van der Waals surface area (Å²) in [6, 6.07) is 5.53. The molecule has 0 aliphatic heterocycles. The SMILES string of the molecule is CCN(CC1CCC1)c1ccc(CCN)cc1F. The van der Waals surface area contributed by atoms with Crippen LogP contribution in [0.5, 0.6) is 0 Å². The Kier molecular flexibility index (Phi) is 4.59. The van der Waals surface area contributed by atoms with E-state index in [1.165, 1.54) is 19.3 Å². The van der Waals surface area contributed by atoms with Crippen molar-refractivity contribution < 1.29 is 4.39 Å². The van der Waals surface area contributed by atoms with E-state index in [-0.39, 0.29) is 5.82 Å². The smallest absolute Gasteiger partial charge is 0.146 e. The zero-order valence-electron chi connectivity index (χ0n) is 11.2. The second-order valence-electron chi connectivity index (χ2n) is 5.16. The third kappa shape index (κ3) is 3.02. The van der Waals surface area contributed by atoms with Crippen LogP contribution in [0.15, 0.2) is 18.2 Å². The van der Waals surface area contributed by atoms with Crippen LogP contribution in [0.2, 0.25) is 0 Å². The summed E-state index contributed by atoms with van der Waals surface area (Å²) in [7, 11) is 0. The lowest BCUT2D eigenvalue weighted by Gasteiger charge is -2.33. The van der Waals surface area contributed by atoms with E-state index in [1.807, 2.05) is 12.1 Å². The molecule has 0 atom stereocenters. The predicted molar refractivity (Wildman–Crippen MR) is 74.4 cm³/mol. The van der Waals surface area contributed by atoms with Gasteiger partial charge >= 0.3 is 0 Å². The zero-order chi connectivity index (χ0) is 13.0. The molecule has 1 aromatic rings. The molecular weight excluding hydrogens is 227 g/mol. The van der Waals surface area contributed by atoms with Crippen molar-refractivity contribution in [2.45, 2.75) is 32.6 Å². The fourth-order valence-corrected chi connectivity index (χ4v) is 2.51. The minimum absolute atomic E-state index is 0.109. The quantitative estimate of drug-likeness (QED) is 0.841. The molecule has 1 aromatic carbocycles. The second-order valence-corrected chi connectivity index (χ2v) is 5.16. The molecule has 0 unspecified atom stereocenters. The summed E-state index contributed by atoms with van der Waals surface area (Å²) in [5.41, 5.74) is 7.22. The van der Waals surface area contributed by atoms with Gasteiger partial charge in [0, 0.05) is 13.1 Å². The molecule has 1 saturated carbocycles. The lowest BCUT2D eigenvalue weighted by Crippen LogP contribution is -2.33. The van der Waals surface area contributed by atoms with Crippen LogP contribution in [0.3, 0.4) is 0 Å². The summed E-state index contributed by atoms with van der Waals surface area (Å²) >= 11 is 0. The van der Waals surface area contributed by atoms with Crippen molar-refractivity contribution in [3.63, 3.8) is 0 Å². The monoisotopic (exact) mass is 250 g/mol. The van der Waals surface area contributed by atoms with E-state index >= 15 is 0 Å². The van der Waals surface area contributed by atoms with Crippen LogP contribution in [0.4, 0.5) is 10.1 Å². The summed E-state index contributed by atoms with van der Waals surface area (Å²) in [6.45, 7) is 4.51. The Labute approximate surface area is 109 Å². The summed E-state index contributed by atoms with van der Waals surface area (Å²) in [5.74, 6) is 0.648. The van der Waals surface area contributed by atoms with Gasteiger partial charge in [-0.15, -0.1) is 0 Å². The van der Waals surface area contributed by atoms with Crippen molar-refractivity contribution in [3.05, 3.63) is 29.6 Å². The van der Waals surface area contributed by atoms with E-state index in [0.29, 0.717) is 6.54 Å². The first-order chi connectivity index (χ1) is 8.74. The van der Waals surface area contributed by atoms with Crippen molar-refractivity contribution in [2.75, 3.05) is 24.5 Å². The maximum atomic E-state index is 14.1. The van der Waals surface area contributed by atoms with Gasteiger partial charge in [0.2, 0.25) is 0 Å². The number of nitrogens with two attached hydrogens (primary N) is 1. The van der Waals surface area contributed by atoms with E-state index in [9.17, 15) is 4.39 Å². The Morgan fingerprint density at radius 3 is 2.67 bits per heavy atom. The lowest BCUT2D eigenvalue weighted by molar-refractivity contribution is 0.318. The first-order valence-corrected chi connectivity index (χ1v) is 6.98. The Balaban J connectivity index is 2.09. The van der Waals surface area contributed by atoms with Crippen molar-refractivity contribution in [2.24, 2.45) is 11.7 Å². The molecule has 0 spiro atoms. The normalized spacial score (nSPS) is 15.5. The number of rotatable bonds is 6. The van der Waals surface area contributed by atoms with Gasteiger partial charge in [-0.1, -0.05) is 12.5 Å². The van der Waals surface area contributed by atoms with Crippen molar-refractivity contribution >= 4 is 5.69 Å². The molecular formula is C15H23FN2. The minimum atomic E-state index is -0.109. The van der Waals surface area contributed by atoms with Crippen LogP contribution in [0.25, 0.3) is 0 Å². The highest BCUT2D eigenvalue weighted by atomic mass is 19.1. The van der Waals surface area contributed by atoms with Crippen LogP contribution in [-0.2, 0) is 6.42 Å². The molecule has 2 nitrogen and oxygen atoms in total. The third-order valence-corrected chi connectivity index (χ3v) is 3.87. The average molecular weight is 250 g/mol. The number of benzene rings is 1. The number of hydrogen-bond acceptors (Lipinski definition) is 2. The molecule has 0 aromatic heterocycles. The molecule has 0 bridgehead atoms. The second kappa shape index (κ2) is 6.19. The maximum absolute atomic E-state index is 14.1. The van der Waals surface area contributed by atoms with Crippen LogP contribution in [0.1, 0.15) is 31.7 Å². The van der Waals surface area contributed by atoms with Crippen LogP contribution < -0.4 is 10.6 Å². The number of nitrogens with zero attached hydrogens (tertiary/aromatic N) is 1. The first-order valence-electron chi connectivity index (χ1n) is 6.98. The lowest BCUT2D eigenvalue weighted by atomic mass is 9.85. The number of halogens is 1. The van der Waals surface area contributed by atoms with Gasteiger partial charge in [0.15, 0.2) is 0 Å². The average Bonchev–Trinajstić information content (AvgIpc) is 2.30. The molecule has 1 aliphatic rings. The molecule has 0 saturated heterocycles. The molecule has 1 aliphatic carbocycles. The molecule has 0 heterocycles. The standard InChI is InChI=1S/C15H23FN2/c1-2-18(11-13-4-3-5-13)15-7-6-12(8-9-17)10-14(15)16/h6-7,10,13H,2-5,8-9,11,17H2,1H3. The predicted octanol–water partition coefficient (Wildman–Crippen LogP) is 2.95. The first kappa shape index (κ1) is 13.3. The van der Waals surface area contributed by atoms with Gasteiger partial charge in [0.25, 0.3) is 0 Å². The van der Waals surface area contributed by atoms with Crippen molar-refractivity contribution in [3.8, 4) is 0 Å². The van der Waals surface area contributed by atoms with Gasteiger partial charge in [-0.3, -0.25) is 0 Å². The van der Waals surface area contributed by atoms with Crippen molar-refractivity contribution in [1.82, 2.24) is 0 Å². The fraction of sp³-hybridized carbons (Fsp3) is 0.600. The van der Waals surface area contributed by atoms with E-state index in [2.05, 4.69) is 11.8 Å². The maximum Gasteiger partial charge on any atom is 0.146 e. The molecule has 0 amide bonds. The van der Waals surface area contributed by atoms with Crippen LogP contribution in [-0.4, -0.2) is 19.6 Å². The fourth-order valence-electron chi connectivity index (χ4n) is 2.51. The Morgan fingerprint density at radius 1 is 1.39 bits per heavy atom. The molecule has 3 heteroatoms. The van der Waals surface area contributed by atoms with E-state index in [4.69, 9.17) is 5.73 Å². The summed E-state index contributed by atoms with van der Waals surface area (Å²) in [4.78, 5) is 2.16. The van der Waals surface area contributed by atoms with Gasteiger partial charge in [0.1, 0.15) is 5.82 Å². The zero-order valence-corrected chi connectivity index (χ0v) is 11.2. The van der Waals surface area contributed by atoms with Gasteiger partial charge in [-0.25, -0.2) is 4.39 Å². The van der Waals surface area contributed by atoms with Gasteiger partial charge in [-0.05, 0) is 56.3 Å². The Hall–Kier alpha value is -1.09. The molecule has 2 N–H and O–H groups in total. The highest BCUT2D eigenvalue weighted by molar-refractivity contribution is 5.49. The molecule has 2 rings (SSSR count). The van der Waals surface area contributed by atoms with Crippen molar-refractivity contribution in [1.29, 1.82) is 0 Å². The summed E-state index contributed by atoms with van der Waals surface area (Å²) in [6.07, 6.45) is 4.67. The molecule has 0 radical (unpaired) electrons. The highest BCUT2D eigenvalue weighted by Gasteiger charge is 2.21. The summed E-state index contributed by atoms with van der Waals surface area (Å²) in [5, 5.41) is 0. The number of anilines is 1. The van der Waals surface area contributed by atoms with E-state index in [1.54, 1.807) is 6.07 Å². The molecule has 18 heavy (non-hydrogen) atoms. The Bertz CT molecular complexity index is 388. The Morgan fingerprint density at radius 2 is 2.17 bits per heavy atom. The van der Waals surface area contributed by atoms with Crippen LogP contribution >= 0.6 is 0 Å². The van der Waals surface area contributed by atoms with Crippen LogP contribution in [0, 0.1) is 11.7 Å². The van der Waals surface area contributed by atoms with Gasteiger partial charge < -0.3 is 10.6 Å². The van der Waals surface area contributed by atoms with E-state index in [0.717, 1.165) is 36.7 Å². The van der Waals surface area contributed by atoms with Gasteiger partial charge in [-0.2, -0.15) is 0 Å². The van der Waals surface area contributed by atoms with E-state index < -0.39 is 0 Å². The molecule has 100 valence electrons. The van der Waals surface area contributed by atoms with Gasteiger partial charge in [0.05, 0.1) is 5.69 Å². The summed E-state index contributed by atoms with van der Waals surface area (Å²) < 4.78 is 14.1. The largest absolute Gasteiger partial charge is 0.369 e. The minimum Gasteiger partial charge on any atom is -0.369 e. The third-order valence-electron chi connectivity index (χ3n) is 3.87. The highest BCUT2D eigenvalue weighted by Crippen LogP contribution is 2.30. The number of hydrogen-bond donors (Lipinski definition) is 1.